The van der Waals surface area contributed by atoms with E-state index in [0.29, 0.717) is 6.42 Å². The van der Waals surface area contributed by atoms with Crippen molar-refractivity contribution in [3.8, 4) is 0 Å². The molecule has 0 bridgehead atoms. The van der Waals surface area contributed by atoms with Gasteiger partial charge in [-0.3, -0.25) is 5.43 Å². The highest BCUT2D eigenvalue weighted by molar-refractivity contribution is 7.89. The molecule has 1 aliphatic heterocycles. The SMILES string of the molecule is CN(C)S(=O)(=O)C1CCC2(CCCCC2)NN1. The molecule has 2 aliphatic rings. The molecule has 2 rings (SSSR count). The summed E-state index contributed by atoms with van der Waals surface area (Å²) >= 11 is 0. The Morgan fingerprint density at radius 1 is 1.12 bits per heavy atom. The normalized spacial score (nSPS) is 29.7. The fourth-order valence-electron chi connectivity index (χ4n) is 2.86. The maximum atomic E-state index is 12.0. The maximum absolute atomic E-state index is 12.0. The summed E-state index contributed by atoms with van der Waals surface area (Å²) in [7, 11) is -0.0249. The van der Waals surface area contributed by atoms with Crippen LogP contribution in [0.1, 0.15) is 44.9 Å². The number of nitrogens with one attached hydrogen (secondary N) is 2. The molecule has 1 saturated carbocycles. The lowest BCUT2D eigenvalue weighted by molar-refractivity contribution is 0.145. The zero-order chi connectivity index (χ0) is 12.5. The van der Waals surface area contributed by atoms with Crippen molar-refractivity contribution in [1.82, 2.24) is 15.2 Å². The largest absolute Gasteiger partial charge is 0.250 e. The van der Waals surface area contributed by atoms with Crippen molar-refractivity contribution in [2.45, 2.75) is 55.9 Å². The minimum atomic E-state index is -3.20. The van der Waals surface area contributed by atoms with Crippen molar-refractivity contribution in [3.05, 3.63) is 0 Å². The fraction of sp³-hybridized carbons (Fsp3) is 1.00. The molecular formula is C11H23N3O2S. The summed E-state index contributed by atoms with van der Waals surface area (Å²) in [6, 6.07) is 0. The van der Waals surface area contributed by atoms with Gasteiger partial charge in [0.1, 0.15) is 5.37 Å². The fourth-order valence-corrected chi connectivity index (χ4v) is 3.99. The Bertz CT molecular complexity index is 351. The summed E-state index contributed by atoms with van der Waals surface area (Å²) < 4.78 is 25.3. The zero-order valence-electron chi connectivity index (χ0n) is 10.7. The minimum Gasteiger partial charge on any atom is -0.250 e. The van der Waals surface area contributed by atoms with E-state index in [-0.39, 0.29) is 5.54 Å². The van der Waals surface area contributed by atoms with Gasteiger partial charge < -0.3 is 0 Å². The van der Waals surface area contributed by atoms with E-state index in [1.54, 1.807) is 14.1 Å². The lowest BCUT2D eigenvalue weighted by Crippen LogP contribution is -2.63. The van der Waals surface area contributed by atoms with Crippen LogP contribution >= 0.6 is 0 Å². The molecule has 2 N–H and O–H groups in total. The standard InChI is InChI=1S/C11H23N3O2S/c1-14(2)17(15,16)10-6-9-11(13-12-10)7-4-3-5-8-11/h10,12-13H,3-9H2,1-2H3. The minimum absolute atomic E-state index is 0.149. The van der Waals surface area contributed by atoms with Gasteiger partial charge in [0.05, 0.1) is 0 Å². The molecule has 0 radical (unpaired) electrons. The van der Waals surface area contributed by atoms with E-state index in [1.807, 2.05) is 0 Å². The average molecular weight is 261 g/mol. The van der Waals surface area contributed by atoms with Gasteiger partial charge in [-0.25, -0.2) is 18.1 Å². The monoisotopic (exact) mass is 261 g/mol. The Morgan fingerprint density at radius 3 is 2.24 bits per heavy atom. The van der Waals surface area contributed by atoms with Crippen molar-refractivity contribution in [2.24, 2.45) is 0 Å². The molecule has 2 fully saturated rings. The van der Waals surface area contributed by atoms with Crippen LogP contribution in [0.3, 0.4) is 0 Å². The smallest absolute Gasteiger partial charge is 0.230 e. The quantitative estimate of drug-likeness (QED) is 0.772. The summed E-state index contributed by atoms with van der Waals surface area (Å²) in [6.07, 6.45) is 7.79. The third-order valence-corrected chi connectivity index (χ3v) is 6.15. The van der Waals surface area contributed by atoms with E-state index < -0.39 is 15.4 Å². The number of hydrogen-bond acceptors (Lipinski definition) is 4. The third kappa shape index (κ3) is 2.65. The van der Waals surface area contributed by atoms with Crippen LogP contribution in [0.2, 0.25) is 0 Å². The molecule has 0 aromatic heterocycles. The van der Waals surface area contributed by atoms with E-state index in [0.717, 1.165) is 19.3 Å². The first-order chi connectivity index (χ1) is 7.96. The number of nitrogens with zero attached hydrogens (tertiary/aromatic N) is 1. The predicted octanol–water partition coefficient (Wildman–Crippen LogP) is 0.795. The molecule has 1 spiro atoms. The first-order valence-electron chi connectivity index (χ1n) is 6.40. The second kappa shape index (κ2) is 4.84. The van der Waals surface area contributed by atoms with Gasteiger partial charge in [0.25, 0.3) is 0 Å². The second-order valence-electron chi connectivity index (χ2n) is 5.46. The van der Waals surface area contributed by atoms with Crippen molar-refractivity contribution in [1.29, 1.82) is 0 Å². The Kier molecular flexibility index (Phi) is 3.77. The van der Waals surface area contributed by atoms with Gasteiger partial charge in [-0.05, 0) is 25.7 Å². The maximum Gasteiger partial charge on any atom is 0.230 e. The second-order valence-corrected chi connectivity index (χ2v) is 7.79. The highest BCUT2D eigenvalue weighted by atomic mass is 32.2. The van der Waals surface area contributed by atoms with Gasteiger partial charge in [0.2, 0.25) is 10.0 Å². The highest BCUT2D eigenvalue weighted by Crippen LogP contribution is 2.34. The number of sulfonamides is 1. The summed E-state index contributed by atoms with van der Waals surface area (Å²) in [5, 5.41) is -0.481. The summed E-state index contributed by atoms with van der Waals surface area (Å²) in [5.74, 6) is 0. The van der Waals surface area contributed by atoms with Crippen LogP contribution in [0.5, 0.6) is 0 Å². The van der Waals surface area contributed by atoms with E-state index in [4.69, 9.17) is 0 Å². The van der Waals surface area contributed by atoms with Crippen LogP contribution in [0.4, 0.5) is 0 Å². The van der Waals surface area contributed by atoms with Crippen LogP contribution < -0.4 is 10.9 Å². The van der Waals surface area contributed by atoms with Gasteiger partial charge in [-0.1, -0.05) is 19.3 Å². The third-order valence-electron chi connectivity index (χ3n) is 4.06. The van der Waals surface area contributed by atoms with E-state index in [9.17, 15) is 8.42 Å². The van der Waals surface area contributed by atoms with Crippen molar-refractivity contribution >= 4 is 10.0 Å². The van der Waals surface area contributed by atoms with E-state index in [2.05, 4.69) is 10.9 Å². The van der Waals surface area contributed by atoms with Crippen molar-refractivity contribution in [2.75, 3.05) is 14.1 Å². The molecule has 1 heterocycles. The molecule has 0 amide bonds. The topological polar surface area (TPSA) is 61.4 Å². The van der Waals surface area contributed by atoms with E-state index >= 15 is 0 Å². The first kappa shape index (κ1) is 13.3. The molecular weight excluding hydrogens is 238 g/mol. The molecule has 1 atom stereocenters. The van der Waals surface area contributed by atoms with Crippen LogP contribution in [-0.2, 0) is 10.0 Å². The van der Waals surface area contributed by atoms with Crippen LogP contribution in [0, 0.1) is 0 Å². The molecule has 1 unspecified atom stereocenters. The predicted molar refractivity (Wildman–Crippen MR) is 67.7 cm³/mol. The lowest BCUT2D eigenvalue weighted by Gasteiger charge is -2.44. The van der Waals surface area contributed by atoms with Crippen molar-refractivity contribution < 1.29 is 8.42 Å². The molecule has 100 valence electrons. The Labute approximate surface area is 104 Å². The number of hydrogen-bond donors (Lipinski definition) is 2. The van der Waals surface area contributed by atoms with Gasteiger partial charge in [-0.2, -0.15) is 0 Å². The average Bonchev–Trinajstić information content (AvgIpc) is 2.30. The lowest BCUT2D eigenvalue weighted by atomic mass is 9.78. The van der Waals surface area contributed by atoms with Crippen LogP contribution in [0.15, 0.2) is 0 Å². The zero-order valence-corrected chi connectivity index (χ0v) is 11.5. The Morgan fingerprint density at radius 2 is 1.76 bits per heavy atom. The molecule has 17 heavy (non-hydrogen) atoms. The Hall–Kier alpha value is -0.170. The summed E-state index contributed by atoms with van der Waals surface area (Å²) in [6.45, 7) is 0. The van der Waals surface area contributed by atoms with Gasteiger partial charge in [0.15, 0.2) is 0 Å². The van der Waals surface area contributed by atoms with Gasteiger partial charge in [-0.15, -0.1) is 0 Å². The molecule has 0 aromatic carbocycles. The summed E-state index contributed by atoms with van der Waals surface area (Å²) in [4.78, 5) is 0. The molecule has 0 aromatic rings. The highest BCUT2D eigenvalue weighted by Gasteiger charge is 2.40. The Balaban J connectivity index is 1.98. The van der Waals surface area contributed by atoms with Crippen LogP contribution in [0.25, 0.3) is 0 Å². The molecule has 1 aliphatic carbocycles. The number of rotatable bonds is 2. The number of hydrazine groups is 1. The van der Waals surface area contributed by atoms with Crippen LogP contribution in [-0.4, -0.2) is 37.7 Å². The first-order valence-corrected chi connectivity index (χ1v) is 7.91. The summed E-state index contributed by atoms with van der Waals surface area (Å²) in [5.41, 5.74) is 6.46. The van der Waals surface area contributed by atoms with E-state index in [1.165, 1.54) is 23.6 Å². The molecule has 1 saturated heterocycles. The van der Waals surface area contributed by atoms with Crippen molar-refractivity contribution in [3.63, 3.8) is 0 Å². The molecule has 6 heteroatoms. The van der Waals surface area contributed by atoms with Gasteiger partial charge in [0, 0.05) is 19.6 Å². The molecule has 5 nitrogen and oxygen atoms in total. The van der Waals surface area contributed by atoms with Gasteiger partial charge >= 0.3 is 0 Å².